The van der Waals surface area contributed by atoms with Crippen molar-refractivity contribution < 1.29 is 4.42 Å². The summed E-state index contributed by atoms with van der Waals surface area (Å²) < 4.78 is 8.52. The fourth-order valence-electron chi connectivity index (χ4n) is 9.19. The van der Waals surface area contributed by atoms with E-state index in [-0.39, 0.29) is 0 Å². The molecule has 3 heteroatoms. The zero-order chi connectivity index (χ0) is 38.9. The molecule has 0 aliphatic rings. The molecule has 0 saturated carbocycles. The van der Waals surface area contributed by atoms with Gasteiger partial charge in [-0.15, -0.1) is 0 Å². The lowest BCUT2D eigenvalue weighted by molar-refractivity contribution is 0.669. The van der Waals surface area contributed by atoms with Crippen molar-refractivity contribution in [2.45, 2.75) is 0 Å². The van der Waals surface area contributed by atoms with E-state index in [1.807, 2.05) is 12.1 Å². The number of nitrogens with zero attached hydrogens (tertiary/aromatic N) is 2. The number of aromatic nitrogens is 1. The lowest BCUT2D eigenvalue weighted by Gasteiger charge is -2.26. The third kappa shape index (κ3) is 5.44. The molecule has 12 aromatic rings. The summed E-state index contributed by atoms with van der Waals surface area (Å²) in [7, 11) is 0. The summed E-state index contributed by atoms with van der Waals surface area (Å²) in [5, 5.41) is 9.73. The van der Waals surface area contributed by atoms with Gasteiger partial charge in [0.15, 0.2) is 0 Å². The number of furan rings is 1. The Labute approximate surface area is 341 Å². The first-order valence-corrected chi connectivity index (χ1v) is 20.2. The average Bonchev–Trinajstić information content (AvgIpc) is 3.85. The van der Waals surface area contributed by atoms with Gasteiger partial charge in [-0.2, -0.15) is 0 Å². The van der Waals surface area contributed by atoms with Crippen LogP contribution in [0.25, 0.3) is 93.2 Å². The van der Waals surface area contributed by atoms with Gasteiger partial charge >= 0.3 is 0 Å². The van der Waals surface area contributed by atoms with E-state index in [2.05, 4.69) is 216 Å². The summed E-state index contributed by atoms with van der Waals surface area (Å²) in [4.78, 5) is 2.38. The molecule has 0 fully saturated rings. The Bertz CT molecular complexity index is 3540. The van der Waals surface area contributed by atoms with Gasteiger partial charge in [-0.3, -0.25) is 0 Å². The molecule has 0 aliphatic carbocycles. The molecule has 0 N–H and O–H groups in total. The van der Waals surface area contributed by atoms with Crippen LogP contribution in [-0.2, 0) is 0 Å². The minimum absolute atomic E-state index is 0.906. The normalized spacial score (nSPS) is 11.7. The molecule has 59 heavy (non-hydrogen) atoms. The number of rotatable bonds is 6. The van der Waals surface area contributed by atoms with Crippen molar-refractivity contribution in [3.05, 3.63) is 218 Å². The number of fused-ring (bicyclic) bond motifs is 9. The second-order valence-corrected chi connectivity index (χ2v) is 15.3. The average molecular weight is 753 g/mol. The van der Waals surface area contributed by atoms with Gasteiger partial charge in [-0.05, 0) is 123 Å². The summed E-state index contributed by atoms with van der Waals surface area (Å²) in [5.74, 6) is 0. The van der Waals surface area contributed by atoms with E-state index < -0.39 is 0 Å². The standard InChI is InChI=1S/C56H36N2O/c1-2-12-42(13-3-1)58-52-18-8-6-16-49(52)56-47(17-10-19-53(56)58)39-25-31-44(32-26-39)57(45-33-27-40-22-21-38-11-4-5-14-46(38)50(40)36-45)43-29-23-37(24-30-43)41-28-34-55-51(35-41)48-15-7-9-20-54(48)59-55/h1-36H. The summed E-state index contributed by atoms with van der Waals surface area (Å²) in [6.07, 6.45) is 0. The van der Waals surface area contributed by atoms with Gasteiger partial charge in [0.05, 0.1) is 11.0 Å². The maximum atomic E-state index is 6.14. The highest BCUT2D eigenvalue weighted by atomic mass is 16.3. The van der Waals surface area contributed by atoms with Crippen molar-refractivity contribution in [2.75, 3.05) is 4.90 Å². The van der Waals surface area contributed by atoms with Gasteiger partial charge in [0.2, 0.25) is 0 Å². The van der Waals surface area contributed by atoms with Crippen LogP contribution in [0.15, 0.2) is 223 Å². The van der Waals surface area contributed by atoms with Crippen molar-refractivity contribution in [1.82, 2.24) is 4.57 Å². The van der Waals surface area contributed by atoms with Gasteiger partial charge in [-0.1, -0.05) is 140 Å². The van der Waals surface area contributed by atoms with E-state index in [1.165, 1.54) is 54.5 Å². The van der Waals surface area contributed by atoms with E-state index in [0.29, 0.717) is 0 Å². The van der Waals surface area contributed by atoms with Crippen LogP contribution in [0.3, 0.4) is 0 Å². The predicted molar refractivity (Wildman–Crippen MR) is 249 cm³/mol. The molecule has 3 nitrogen and oxygen atoms in total. The molecule has 0 amide bonds. The molecule has 2 aromatic heterocycles. The Kier molecular flexibility index (Phi) is 7.54. The fourth-order valence-corrected chi connectivity index (χ4v) is 9.19. The summed E-state index contributed by atoms with van der Waals surface area (Å²) in [6, 6.07) is 78.8. The van der Waals surface area contributed by atoms with Crippen LogP contribution in [0, 0.1) is 0 Å². The molecule has 0 atom stereocenters. The number of benzene rings is 10. The maximum absolute atomic E-state index is 6.14. The topological polar surface area (TPSA) is 21.3 Å². The molecular weight excluding hydrogens is 717 g/mol. The van der Waals surface area contributed by atoms with Gasteiger partial charge in [0, 0.05) is 44.3 Å². The Hall–Kier alpha value is -7.88. The van der Waals surface area contributed by atoms with Crippen molar-refractivity contribution >= 4 is 82.4 Å². The van der Waals surface area contributed by atoms with Crippen LogP contribution in [0.5, 0.6) is 0 Å². The van der Waals surface area contributed by atoms with Crippen molar-refractivity contribution in [2.24, 2.45) is 0 Å². The first-order chi connectivity index (χ1) is 29.2. The molecule has 0 unspecified atom stereocenters. The van der Waals surface area contributed by atoms with Gasteiger partial charge in [-0.25, -0.2) is 0 Å². The molecule has 0 aliphatic heterocycles. The van der Waals surface area contributed by atoms with E-state index in [9.17, 15) is 0 Å². The van der Waals surface area contributed by atoms with Crippen LogP contribution in [0.2, 0.25) is 0 Å². The fraction of sp³-hybridized carbons (Fsp3) is 0. The Morgan fingerprint density at radius 1 is 0.339 bits per heavy atom. The molecule has 0 spiro atoms. The van der Waals surface area contributed by atoms with E-state index in [1.54, 1.807) is 0 Å². The first-order valence-electron chi connectivity index (χ1n) is 20.2. The van der Waals surface area contributed by atoms with E-state index >= 15 is 0 Å². The first kappa shape index (κ1) is 33.3. The van der Waals surface area contributed by atoms with Crippen LogP contribution in [-0.4, -0.2) is 4.57 Å². The molecular formula is C56H36N2O. The maximum Gasteiger partial charge on any atom is 0.135 e. The number of para-hydroxylation sites is 3. The van der Waals surface area contributed by atoms with Crippen LogP contribution in [0.4, 0.5) is 17.1 Å². The zero-order valence-corrected chi connectivity index (χ0v) is 32.1. The van der Waals surface area contributed by atoms with Crippen molar-refractivity contribution in [3.8, 4) is 27.9 Å². The van der Waals surface area contributed by atoms with Gasteiger partial charge < -0.3 is 13.9 Å². The quantitative estimate of drug-likeness (QED) is 0.158. The Morgan fingerprint density at radius 3 is 1.75 bits per heavy atom. The SMILES string of the molecule is c1ccc(-n2c3ccccc3c3c(-c4ccc(N(c5ccc(-c6ccc7oc8ccccc8c7c6)cc5)c5ccc6ccc7ccccc7c6c5)cc4)cccc32)cc1. The number of anilines is 3. The lowest BCUT2D eigenvalue weighted by atomic mass is 9.98. The van der Waals surface area contributed by atoms with Crippen LogP contribution in [0.1, 0.15) is 0 Å². The van der Waals surface area contributed by atoms with Crippen molar-refractivity contribution in [1.29, 1.82) is 0 Å². The van der Waals surface area contributed by atoms with Gasteiger partial charge in [0.25, 0.3) is 0 Å². The molecule has 2 heterocycles. The van der Waals surface area contributed by atoms with Crippen LogP contribution >= 0.6 is 0 Å². The third-order valence-corrected chi connectivity index (χ3v) is 12.0. The van der Waals surface area contributed by atoms with E-state index in [4.69, 9.17) is 4.42 Å². The Balaban J connectivity index is 0.989. The van der Waals surface area contributed by atoms with Crippen molar-refractivity contribution in [3.63, 3.8) is 0 Å². The zero-order valence-electron chi connectivity index (χ0n) is 32.1. The lowest BCUT2D eigenvalue weighted by Crippen LogP contribution is -2.09. The second kappa shape index (κ2) is 13.4. The number of hydrogen-bond donors (Lipinski definition) is 0. The summed E-state index contributed by atoms with van der Waals surface area (Å²) in [6.45, 7) is 0. The minimum atomic E-state index is 0.906. The summed E-state index contributed by atoms with van der Waals surface area (Å²) in [5.41, 5.74) is 13.4. The van der Waals surface area contributed by atoms with E-state index in [0.717, 1.165) is 55.8 Å². The monoisotopic (exact) mass is 752 g/mol. The smallest absolute Gasteiger partial charge is 0.135 e. The highest BCUT2D eigenvalue weighted by Gasteiger charge is 2.18. The van der Waals surface area contributed by atoms with Gasteiger partial charge in [0.1, 0.15) is 11.2 Å². The minimum Gasteiger partial charge on any atom is -0.456 e. The molecule has 0 radical (unpaired) electrons. The highest BCUT2D eigenvalue weighted by molar-refractivity contribution is 6.16. The van der Waals surface area contributed by atoms with Crippen LogP contribution < -0.4 is 4.90 Å². The molecule has 276 valence electrons. The molecule has 12 rings (SSSR count). The largest absolute Gasteiger partial charge is 0.456 e. The molecule has 0 saturated heterocycles. The predicted octanol–water partition coefficient (Wildman–Crippen LogP) is 15.8. The molecule has 10 aromatic carbocycles. The third-order valence-electron chi connectivity index (χ3n) is 12.0. The number of hydrogen-bond acceptors (Lipinski definition) is 2. The highest BCUT2D eigenvalue weighted by Crippen LogP contribution is 2.42. The Morgan fingerprint density at radius 2 is 0.932 bits per heavy atom. The summed E-state index contributed by atoms with van der Waals surface area (Å²) >= 11 is 0. The molecule has 0 bridgehead atoms. The second-order valence-electron chi connectivity index (χ2n) is 15.3.